The summed E-state index contributed by atoms with van der Waals surface area (Å²) in [6.07, 6.45) is 1.51. The molecular formula is C21H18BrClN4O2. The zero-order chi connectivity index (χ0) is 21.0. The third-order valence-electron chi connectivity index (χ3n) is 4.20. The van der Waals surface area contributed by atoms with E-state index in [1.54, 1.807) is 18.2 Å². The van der Waals surface area contributed by atoms with Gasteiger partial charge in [0, 0.05) is 37.8 Å². The summed E-state index contributed by atoms with van der Waals surface area (Å²) in [5.74, 6) is -1.66. The average molecular weight is 474 g/mol. The predicted octanol–water partition coefficient (Wildman–Crippen LogP) is 4.60. The summed E-state index contributed by atoms with van der Waals surface area (Å²) >= 11 is 9.40. The summed E-state index contributed by atoms with van der Waals surface area (Å²) in [5.41, 5.74) is 6.43. The first-order valence-electron chi connectivity index (χ1n) is 8.70. The molecule has 0 saturated heterocycles. The highest BCUT2D eigenvalue weighted by Gasteiger charge is 2.14. The third-order valence-corrected chi connectivity index (χ3v) is 4.92. The lowest BCUT2D eigenvalue weighted by Gasteiger charge is -2.09. The summed E-state index contributed by atoms with van der Waals surface area (Å²) in [6, 6.07) is 16.4. The molecule has 0 aliphatic carbocycles. The van der Waals surface area contributed by atoms with Gasteiger partial charge in [-0.15, -0.1) is 0 Å². The van der Waals surface area contributed by atoms with E-state index in [4.69, 9.17) is 11.6 Å². The van der Waals surface area contributed by atoms with Gasteiger partial charge in [-0.3, -0.25) is 9.59 Å². The molecule has 8 heteroatoms. The van der Waals surface area contributed by atoms with Gasteiger partial charge in [0.25, 0.3) is 0 Å². The lowest BCUT2D eigenvalue weighted by atomic mass is 10.2. The van der Waals surface area contributed by atoms with Crippen LogP contribution in [0.15, 0.2) is 64.2 Å². The van der Waals surface area contributed by atoms with E-state index in [9.17, 15) is 9.59 Å². The number of rotatable bonds is 4. The quantitative estimate of drug-likeness (QED) is 0.330. The van der Waals surface area contributed by atoms with Crippen LogP contribution < -0.4 is 10.7 Å². The minimum absolute atomic E-state index is 0.508. The maximum absolute atomic E-state index is 12.0. The second-order valence-corrected chi connectivity index (χ2v) is 7.66. The lowest BCUT2D eigenvalue weighted by molar-refractivity contribution is -0.136. The van der Waals surface area contributed by atoms with Gasteiger partial charge in [-0.2, -0.15) is 5.10 Å². The number of anilines is 1. The number of hydrazone groups is 1. The molecule has 0 aliphatic rings. The minimum Gasteiger partial charge on any atom is -0.318 e. The first-order valence-corrected chi connectivity index (χ1v) is 9.87. The molecule has 1 aromatic heterocycles. The molecule has 6 nitrogen and oxygen atoms in total. The summed E-state index contributed by atoms with van der Waals surface area (Å²) in [7, 11) is 0. The van der Waals surface area contributed by atoms with Crippen LogP contribution in [0.5, 0.6) is 0 Å². The fraction of sp³-hybridized carbons (Fsp3) is 0.0952. The number of nitrogens with one attached hydrogen (secondary N) is 2. The molecule has 0 unspecified atom stereocenters. The Balaban J connectivity index is 1.68. The number of halogens is 2. The van der Waals surface area contributed by atoms with E-state index < -0.39 is 11.8 Å². The normalized spacial score (nSPS) is 10.9. The Labute approximate surface area is 181 Å². The van der Waals surface area contributed by atoms with E-state index in [1.165, 1.54) is 6.21 Å². The lowest BCUT2D eigenvalue weighted by Crippen LogP contribution is -2.32. The van der Waals surface area contributed by atoms with Crippen molar-refractivity contribution in [1.29, 1.82) is 0 Å². The van der Waals surface area contributed by atoms with Crippen LogP contribution in [0.4, 0.5) is 5.69 Å². The summed E-state index contributed by atoms with van der Waals surface area (Å²) in [6.45, 7) is 3.91. The van der Waals surface area contributed by atoms with Crippen LogP contribution in [0.3, 0.4) is 0 Å². The maximum Gasteiger partial charge on any atom is 0.329 e. The van der Waals surface area contributed by atoms with Gasteiger partial charge in [-0.1, -0.05) is 39.7 Å². The van der Waals surface area contributed by atoms with Crippen molar-refractivity contribution in [3.8, 4) is 5.69 Å². The Morgan fingerprint density at radius 3 is 2.55 bits per heavy atom. The second-order valence-electron chi connectivity index (χ2n) is 6.31. The fourth-order valence-electron chi connectivity index (χ4n) is 2.90. The number of carbonyl (C=O) groups excluding carboxylic acids is 2. The number of aromatic nitrogens is 1. The maximum atomic E-state index is 12.0. The number of hydrogen-bond donors (Lipinski definition) is 2. The molecular weight excluding hydrogens is 456 g/mol. The molecule has 0 saturated carbocycles. The van der Waals surface area contributed by atoms with Gasteiger partial charge in [-0.25, -0.2) is 5.43 Å². The van der Waals surface area contributed by atoms with E-state index in [1.807, 2.05) is 54.8 Å². The molecule has 3 rings (SSSR count). The van der Waals surface area contributed by atoms with Gasteiger partial charge in [0.05, 0.1) is 6.21 Å². The molecule has 0 radical (unpaired) electrons. The van der Waals surface area contributed by atoms with E-state index in [0.29, 0.717) is 10.7 Å². The van der Waals surface area contributed by atoms with Crippen LogP contribution in [0, 0.1) is 13.8 Å². The van der Waals surface area contributed by atoms with Gasteiger partial charge in [-0.05, 0) is 56.3 Å². The largest absolute Gasteiger partial charge is 0.329 e. The van der Waals surface area contributed by atoms with Crippen molar-refractivity contribution in [2.75, 3.05) is 5.32 Å². The molecule has 0 bridgehead atoms. The van der Waals surface area contributed by atoms with Crippen molar-refractivity contribution >= 4 is 51.2 Å². The Morgan fingerprint density at radius 1 is 1.07 bits per heavy atom. The highest BCUT2D eigenvalue weighted by molar-refractivity contribution is 9.10. The molecule has 1 heterocycles. The van der Waals surface area contributed by atoms with Crippen molar-refractivity contribution in [3.63, 3.8) is 0 Å². The number of hydrogen-bond acceptors (Lipinski definition) is 3. The SMILES string of the molecule is Cc1cc(/C=N\NC(=O)C(=O)Nc2cccc(Br)c2)c(C)n1-c1cccc(Cl)c1. The molecule has 0 spiro atoms. The monoisotopic (exact) mass is 472 g/mol. The summed E-state index contributed by atoms with van der Waals surface area (Å²) in [5, 5.41) is 7.07. The smallest absolute Gasteiger partial charge is 0.318 e. The fourth-order valence-corrected chi connectivity index (χ4v) is 3.48. The first kappa shape index (κ1) is 20.8. The Bertz CT molecular complexity index is 1110. The van der Waals surface area contributed by atoms with E-state index >= 15 is 0 Å². The van der Waals surface area contributed by atoms with Crippen molar-refractivity contribution < 1.29 is 9.59 Å². The first-order chi connectivity index (χ1) is 13.8. The topological polar surface area (TPSA) is 75.5 Å². The molecule has 3 aromatic rings. The molecule has 0 fully saturated rings. The van der Waals surface area contributed by atoms with E-state index in [0.717, 1.165) is 27.1 Å². The number of nitrogens with zero attached hydrogens (tertiary/aromatic N) is 2. The van der Waals surface area contributed by atoms with Crippen LogP contribution in [-0.4, -0.2) is 22.6 Å². The zero-order valence-electron chi connectivity index (χ0n) is 15.7. The van der Waals surface area contributed by atoms with Gasteiger partial charge in [0.1, 0.15) is 0 Å². The standard InChI is InChI=1S/C21H18BrClN4O2/c1-13-9-15(14(2)27(13)19-8-4-6-17(23)11-19)12-24-26-21(29)20(28)25-18-7-3-5-16(22)10-18/h3-12H,1-2H3,(H,25,28)(H,26,29)/b24-12-. The molecule has 2 aromatic carbocycles. The van der Waals surface area contributed by atoms with Crippen LogP contribution >= 0.6 is 27.5 Å². The number of benzene rings is 2. The van der Waals surface area contributed by atoms with Gasteiger partial charge in [0.15, 0.2) is 0 Å². The summed E-state index contributed by atoms with van der Waals surface area (Å²) in [4.78, 5) is 23.9. The minimum atomic E-state index is -0.857. The number of aryl methyl sites for hydroxylation is 1. The van der Waals surface area contributed by atoms with Crippen molar-refractivity contribution in [2.24, 2.45) is 5.10 Å². The van der Waals surface area contributed by atoms with Crippen molar-refractivity contribution in [3.05, 3.63) is 81.0 Å². The van der Waals surface area contributed by atoms with E-state index in [2.05, 4.69) is 31.8 Å². The zero-order valence-corrected chi connectivity index (χ0v) is 18.1. The van der Waals surface area contributed by atoms with Gasteiger partial charge in [0.2, 0.25) is 0 Å². The van der Waals surface area contributed by atoms with E-state index in [-0.39, 0.29) is 0 Å². The predicted molar refractivity (Wildman–Crippen MR) is 119 cm³/mol. The number of carbonyl (C=O) groups is 2. The van der Waals surface area contributed by atoms with Crippen molar-refractivity contribution in [2.45, 2.75) is 13.8 Å². The Kier molecular flexibility index (Phi) is 6.51. The van der Waals surface area contributed by atoms with Crippen molar-refractivity contribution in [1.82, 2.24) is 9.99 Å². The average Bonchev–Trinajstić information content (AvgIpc) is 2.95. The Hall–Kier alpha value is -2.90. The summed E-state index contributed by atoms with van der Waals surface area (Å²) < 4.78 is 2.83. The van der Waals surface area contributed by atoms with Crippen LogP contribution in [0.25, 0.3) is 5.69 Å². The van der Waals surface area contributed by atoms with Gasteiger partial charge >= 0.3 is 11.8 Å². The molecule has 148 valence electrons. The molecule has 0 atom stereocenters. The third kappa shape index (κ3) is 5.13. The molecule has 29 heavy (non-hydrogen) atoms. The second kappa shape index (κ2) is 9.07. The van der Waals surface area contributed by atoms with Crippen LogP contribution in [-0.2, 0) is 9.59 Å². The molecule has 2 amide bonds. The highest BCUT2D eigenvalue weighted by atomic mass is 79.9. The van der Waals surface area contributed by atoms with Gasteiger partial charge < -0.3 is 9.88 Å². The van der Waals surface area contributed by atoms with Crippen LogP contribution in [0.1, 0.15) is 17.0 Å². The number of amides is 2. The molecule has 0 aliphatic heterocycles. The highest BCUT2D eigenvalue weighted by Crippen LogP contribution is 2.22. The molecule has 2 N–H and O–H groups in total. The Morgan fingerprint density at radius 2 is 1.83 bits per heavy atom. The van der Waals surface area contributed by atoms with Crippen LogP contribution in [0.2, 0.25) is 5.02 Å².